The summed E-state index contributed by atoms with van der Waals surface area (Å²) in [5, 5.41) is 2.13. The molecule has 6 heteroatoms. The molecule has 0 heterocycles. The number of hydrogen-bond acceptors (Lipinski definition) is 4. The number of amides is 1. The molecule has 2 aromatic carbocycles. The lowest BCUT2D eigenvalue weighted by Crippen LogP contribution is -2.16. The van der Waals surface area contributed by atoms with Crippen molar-refractivity contribution < 1.29 is 18.0 Å². The molecule has 0 spiro atoms. The molecule has 24 heavy (non-hydrogen) atoms. The molecule has 0 fully saturated rings. The Morgan fingerprint density at radius 3 is 2.12 bits per heavy atom. The smallest absolute Gasteiger partial charge is 0.255 e. The number of ketones is 1. The maximum Gasteiger partial charge on any atom is 0.255 e. The first kappa shape index (κ1) is 17.9. The third-order valence-corrected chi connectivity index (χ3v) is 5.75. The van der Waals surface area contributed by atoms with Gasteiger partial charge in [0.15, 0.2) is 15.6 Å². The van der Waals surface area contributed by atoms with E-state index in [2.05, 4.69) is 5.32 Å². The first-order chi connectivity index (χ1) is 11.2. The first-order valence-corrected chi connectivity index (χ1v) is 9.03. The molecule has 0 aromatic heterocycles. The van der Waals surface area contributed by atoms with Gasteiger partial charge in [-0.25, -0.2) is 8.42 Å². The van der Waals surface area contributed by atoms with Crippen molar-refractivity contribution in [2.24, 2.45) is 0 Å². The molecule has 5 nitrogen and oxygen atoms in total. The summed E-state index contributed by atoms with van der Waals surface area (Å²) in [6, 6.07) is 12.5. The summed E-state index contributed by atoms with van der Waals surface area (Å²) in [6.07, 6.45) is 0. The lowest BCUT2D eigenvalue weighted by molar-refractivity contribution is 0.101. The molecule has 1 N–H and O–H groups in total. The van der Waals surface area contributed by atoms with Gasteiger partial charge in [0.1, 0.15) is 0 Å². The van der Waals surface area contributed by atoms with Gasteiger partial charge < -0.3 is 5.32 Å². The maximum atomic E-state index is 12.3. The minimum absolute atomic E-state index is 0.0560. The zero-order valence-electron chi connectivity index (χ0n) is 13.7. The quantitative estimate of drug-likeness (QED) is 0.843. The fraction of sp³-hybridized carbons (Fsp3) is 0.222. The Morgan fingerprint density at radius 1 is 0.958 bits per heavy atom. The van der Waals surface area contributed by atoms with Gasteiger partial charge in [0.2, 0.25) is 0 Å². The Bertz CT molecular complexity index is 868. The molecule has 2 aromatic rings. The topological polar surface area (TPSA) is 80.3 Å². The van der Waals surface area contributed by atoms with Crippen molar-refractivity contribution in [2.75, 3.05) is 5.32 Å². The summed E-state index contributed by atoms with van der Waals surface area (Å²) in [5.74, 6) is -0.467. The fourth-order valence-corrected chi connectivity index (χ4v) is 3.18. The van der Waals surface area contributed by atoms with Crippen LogP contribution in [0.5, 0.6) is 0 Å². The molecule has 0 saturated heterocycles. The molecule has 1 amide bonds. The van der Waals surface area contributed by atoms with Crippen molar-refractivity contribution in [3.63, 3.8) is 0 Å². The van der Waals surface area contributed by atoms with E-state index in [1.807, 2.05) is 0 Å². The van der Waals surface area contributed by atoms with Crippen LogP contribution in [0.1, 0.15) is 41.5 Å². The Hall–Kier alpha value is -2.47. The van der Waals surface area contributed by atoms with Gasteiger partial charge in [-0.1, -0.05) is 6.07 Å². The number of hydrogen-bond donors (Lipinski definition) is 1. The van der Waals surface area contributed by atoms with Crippen molar-refractivity contribution in [3.8, 4) is 0 Å². The van der Waals surface area contributed by atoms with E-state index in [4.69, 9.17) is 0 Å². The minimum atomic E-state index is -3.44. The third kappa shape index (κ3) is 3.89. The lowest BCUT2D eigenvalue weighted by atomic mass is 10.1. The summed E-state index contributed by atoms with van der Waals surface area (Å²) < 4.78 is 24.4. The lowest BCUT2D eigenvalue weighted by Gasteiger charge is -2.10. The molecule has 126 valence electrons. The van der Waals surface area contributed by atoms with Crippen LogP contribution in [0.4, 0.5) is 5.69 Å². The van der Waals surface area contributed by atoms with E-state index in [1.54, 1.807) is 50.2 Å². The van der Waals surface area contributed by atoms with Crippen LogP contribution in [0.25, 0.3) is 0 Å². The van der Waals surface area contributed by atoms with Crippen molar-refractivity contribution >= 4 is 27.2 Å². The standard InChI is InChI=1S/C18H19NO4S/c1-12(2)24(22,23)17-6-4-5-15(11-17)18(21)19-16-9-7-14(8-10-16)13(3)20/h4-12H,1-3H3,(H,19,21). The molecule has 2 rings (SSSR count). The normalized spacial score (nSPS) is 11.3. The van der Waals surface area contributed by atoms with Gasteiger partial charge in [-0.2, -0.15) is 0 Å². The van der Waals surface area contributed by atoms with Crippen LogP contribution in [0.15, 0.2) is 53.4 Å². The molecule has 0 saturated carbocycles. The summed E-state index contributed by atoms with van der Waals surface area (Å²) in [7, 11) is -3.44. The van der Waals surface area contributed by atoms with Crippen molar-refractivity contribution in [1.29, 1.82) is 0 Å². The predicted octanol–water partition coefficient (Wildman–Crippen LogP) is 3.32. The van der Waals surface area contributed by atoms with Gasteiger partial charge in [-0.05, 0) is 63.2 Å². The van der Waals surface area contributed by atoms with E-state index >= 15 is 0 Å². The molecule has 0 bridgehead atoms. The number of sulfone groups is 1. The van der Waals surface area contributed by atoms with Gasteiger partial charge in [0.25, 0.3) is 5.91 Å². The average Bonchev–Trinajstić information content (AvgIpc) is 2.55. The number of benzene rings is 2. The number of Topliss-reactive ketones (excluding diaryl/α,β-unsaturated/α-hetero) is 1. The van der Waals surface area contributed by atoms with Crippen LogP contribution < -0.4 is 5.32 Å². The Labute approximate surface area is 141 Å². The summed E-state index contributed by atoms with van der Waals surface area (Å²) >= 11 is 0. The number of carbonyl (C=O) groups excluding carboxylic acids is 2. The van der Waals surface area contributed by atoms with E-state index in [1.165, 1.54) is 19.1 Å². The van der Waals surface area contributed by atoms with Gasteiger partial charge in [0.05, 0.1) is 10.1 Å². The second-order valence-corrected chi connectivity index (χ2v) is 8.21. The van der Waals surface area contributed by atoms with Crippen molar-refractivity contribution in [3.05, 3.63) is 59.7 Å². The largest absolute Gasteiger partial charge is 0.322 e. The highest BCUT2D eigenvalue weighted by Gasteiger charge is 2.20. The van der Waals surface area contributed by atoms with E-state index < -0.39 is 21.0 Å². The maximum absolute atomic E-state index is 12.3. The van der Waals surface area contributed by atoms with Crippen LogP contribution in [-0.2, 0) is 9.84 Å². The Morgan fingerprint density at radius 2 is 1.58 bits per heavy atom. The van der Waals surface area contributed by atoms with E-state index in [9.17, 15) is 18.0 Å². The second-order valence-electron chi connectivity index (χ2n) is 5.71. The zero-order chi connectivity index (χ0) is 17.9. The highest BCUT2D eigenvalue weighted by atomic mass is 32.2. The van der Waals surface area contributed by atoms with Crippen LogP contribution in [0, 0.1) is 0 Å². The highest BCUT2D eigenvalue weighted by Crippen LogP contribution is 2.18. The molecule has 0 atom stereocenters. The zero-order valence-corrected chi connectivity index (χ0v) is 14.6. The van der Waals surface area contributed by atoms with Gasteiger partial charge >= 0.3 is 0 Å². The number of anilines is 1. The number of carbonyl (C=O) groups is 2. The Balaban J connectivity index is 2.23. The van der Waals surface area contributed by atoms with Gasteiger partial charge in [-0.3, -0.25) is 9.59 Å². The fourth-order valence-electron chi connectivity index (χ4n) is 2.08. The molecule has 0 aliphatic rings. The van der Waals surface area contributed by atoms with Crippen molar-refractivity contribution in [1.82, 2.24) is 0 Å². The van der Waals surface area contributed by atoms with E-state index in [0.29, 0.717) is 11.3 Å². The number of nitrogens with one attached hydrogen (secondary N) is 1. The summed E-state index contributed by atoms with van der Waals surface area (Å²) in [5.41, 5.74) is 1.34. The average molecular weight is 345 g/mol. The van der Waals surface area contributed by atoms with E-state index in [0.717, 1.165) is 0 Å². The number of rotatable bonds is 5. The first-order valence-electron chi connectivity index (χ1n) is 7.48. The van der Waals surface area contributed by atoms with Crippen LogP contribution in [0.3, 0.4) is 0 Å². The molecule has 0 aliphatic carbocycles. The summed E-state index contributed by atoms with van der Waals surface area (Å²) in [4.78, 5) is 23.7. The monoisotopic (exact) mass is 345 g/mol. The molecular formula is C18H19NO4S. The highest BCUT2D eigenvalue weighted by molar-refractivity contribution is 7.92. The van der Waals surface area contributed by atoms with Crippen LogP contribution in [-0.4, -0.2) is 25.4 Å². The summed E-state index contributed by atoms with van der Waals surface area (Å²) in [6.45, 7) is 4.66. The Kier molecular flexibility index (Phi) is 5.19. The van der Waals surface area contributed by atoms with Gasteiger partial charge in [-0.15, -0.1) is 0 Å². The molecular weight excluding hydrogens is 326 g/mol. The molecule has 0 radical (unpaired) electrons. The minimum Gasteiger partial charge on any atom is -0.322 e. The molecule has 0 aliphatic heterocycles. The second kappa shape index (κ2) is 6.97. The van der Waals surface area contributed by atoms with Crippen LogP contribution in [0.2, 0.25) is 0 Å². The van der Waals surface area contributed by atoms with Crippen LogP contribution >= 0.6 is 0 Å². The predicted molar refractivity (Wildman–Crippen MR) is 93.2 cm³/mol. The van der Waals surface area contributed by atoms with E-state index in [-0.39, 0.29) is 16.2 Å². The van der Waals surface area contributed by atoms with Gasteiger partial charge in [0, 0.05) is 16.8 Å². The third-order valence-electron chi connectivity index (χ3n) is 3.59. The molecule has 0 unspecified atom stereocenters. The van der Waals surface area contributed by atoms with Crippen molar-refractivity contribution in [2.45, 2.75) is 30.9 Å². The SMILES string of the molecule is CC(=O)c1ccc(NC(=O)c2cccc(S(=O)(=O)C(C)C)c2)cc1.